The van der Waals surface area contributed by atoms with E-state index in [1.54, 1.807) is 24.4 Å². The van der Waals surface area contributed by atoms with Crippen LogP contribution in [0.5, 0.6) is 0 Å². The van der Waals surface area contributed by atoms with Crippen molar-refractivity contribution in [1.29, 1.82) is 0 Å². The van der Waals surface area contributed by atoms with Gasteiger partial charge in [0, 0.05) is 16.7 Å². The van der Waals surface area contributed by atoms with Crippen LogP contribution in [0.2, 0.25) is 10.0 Å². The van der Waals surface area contributed by atoms with Gasteiger partial charge < -0.3 is 0 Å². The molecule has 3 aromatic rings. The van der Waals surface area contributed by atoms with E-state index in [1.807, 2.05) is 60.7 Å². The summed E-state index contributed by atoms with van der Waals surface area (Å²) in [4.78, 5) is 0. The number of halogens is 2. The van der Waals surface area contributed by atoms with Crippen LogP contribution in [0, 0.1) is 0 Å². The first-order chi connectivity index (χ1) is 11.8. The molecule has 0 unspecified atom stereocenters. The lowest BCUT2D eigenvalue weighted by molar-refractivity contribution is 1.24. The number of benzene rings is 3. The Morgan fingerprint density at radius 3 is 1.67 bits per heavy atom. The van der Waals surface area contributed by atoms with Crippen LogP contribution >= 0.6 is 23.2 Å². The van der Waals surface area contributed by atoms with Crippen LogP contribution in [-0.4, -0.2) is 11.9 Å². The molecule has 0 aliphatic rings. The Morgan fingerprint density at radius 1 is 0.667 bits per heavy atom. The van der Waals surface area contributed by atoms with E-state index in [2.05, 4.69) is 10.2 Å². The van der Waals surface area contributed by atoms with Crippen molar-refractivity contribution in [3.63, 3.8) is 0 Å². The highest BCUT2D eigenvalue weighted by atomic mass is 35.5. The lowest BCUT2D eigenvalue weighted by Gasteiger charge is -2.05. The lowest BCUT2D eigenvalue weighted by atomic mass is 10.0. The second kappa shape index (κ2) is 7.91. The minimum Gasteiger partial charge on any atom is -0.158 e. The fraction of sp³-hybridized carbons (Fsp3) is 0. The molecular weight excluding hydrogens is 339 g/mol. The third kappa shape index (κ3) is 3.91. The van der Waals surface area contributed by atoms with Crippen LogP contribution < -0.4 is 0 Å². The zero-order valence-electron chi connectivity index (χ0n) is 12.7. The van der Waals surface area contributed by atoms with Gasteiger partial charge >= 0.3 is 0 Å². The van der Waals surface area contributed by atoms with Crippen LogP contribution in [0.3, 0.4) is 0 Å². The Bertz CT molecular complexity index is 811. The van der Waals surface area contributed by atoms with Crippen molar-refractivity contribution >= 4 is 35.1 Å². The molecule has 118 valence electrons. The number of hydrogen-bond acceptors (Lipinski definition) is 2. The SMILES string of the molecule is Clc1cccc(Cl)c1/C=N\N=C(c1ccccc1)c1ccccc1. The molecule has 3 rings (SSSR count). The monoisotopic (exact) mass is 352 g/mol. The largest absolute Gasteiger partial charge is 0.158 e. The minimum atomic E-state index is 0.544. The van der Waals surface area contributed by atoms with Gasteiger partial charge in [-0.1, -0.05) is 89.9 Å². The molecule has 4 heteroatoms. The van der Waals surface area contributed by atoms with Crippen molar-refractivity contribution in [2.45, 2.75) is 0 Å². The van der Waals surface area contributed by atoms with Crippen LogP contribution in [0.25, 0.3) is 0 Å². The second-order valence-corrected chi connectivity index (χ2v) is 5.87. The predicted molar refractivity (Wildman–Crippen MR) is 103 cm³/mol. The fourth-order valence-corrected chi connectivity index (χ4v) is 2.75. The van der Waals surface area contributed by atoms with E-state index in [-0.39, 0.29) is 0 Å². The molecule has 0 radical (unpaired) electrons. The van der Waals surface area contributed by atoms with Gasteiger partial charge in [-0.3, -0.25) is 0 Å². The summed E-state index contributed by atoms with van der Waals surface area (Å²) in [6, 6.07) is 25.2. The molecule has 0 amide bonds. The van der Waals surface area contributed by atoms with Gasteiger partial charge in [0.05, 0.1) is 16.3 Å². The summed E-state index contributed by atoms with van der Waals surface area (Å²) in [7, 11) is 0. The Labute approximate surface area is 151 Å². The highest BCUT2D eigenvalue weighted by molar-refractivity contribution is 6.38. The van der Waals surface area contributed by atoms with Gasteiger partial charge in [0.2, 0.25) is 0 Å². The van der Waals surface area contributed by atoms with Gasteiger partial charge in [-0.05, 0) is 12.1 Å². The van der Waals surface area contributed by atoms with Crippen LogP contribution in [-0.2, 0) is 0 Å². The van der Waals surface area contributed by atoms with Crippen molar-refractivity contribution in [3.8, 4) is 0 Å². The first-order valence-electron chi connectivity index (χ1n) is 7.41. The standard InChI is InChI=1S/C20H14Cl2N2/c21-18-12-7-13-19(22)17(18)14-23-24-20(15-8-3-1-4-9-15)16-10-5-2-6-11-16/h1-14H/b23-14-. The molecule has 0 aliphatic heterocycles. The van der Waals surface area contributed by atoms with E-state index < -0.39 is 0 Å². The highest BCUT2D eigenvalue weighted by Gasteiger charge is 2.06. The summed E-state index contributed by atoms with van der Waals surface area (Å²) in [5.74, 6) is 0. The van der Waals surface area contributed by atoms with Crippen LogP contribution in [0.15, 0.2) is 89.1 Å². The van der Waals surface area contributed by atoms with Gasteiger partial charge in [-0.2, -0.15) is 5.10 Å². The Balaban J connectivity index is 2.00. The molecular formula is C20H14Cl2N2. The molecule has 2 nitrogen and oxygen atoms in total. The summed E-state index contributed by atoms with van der Waals surface area (Å²) in [6.45, 7) is 0. The molecule has 0 spiro atoms. The number of nitrogens with zero attached hydrogens (tertiary/aromatic N) is 2. The summed E-state index contributed by atoms with van der Waals surface area (Å²) in [6.07, 6.45) is 1.58. The van der Waals surface area contributed by atoms with Gasteiger partial charge in [-0.15, -0.1) is 5.10 Å². The maximum atomic E-state index is 6.15. The van der Waals surface area contributed by atoms with Gasteiger partial charge in [-0.25, -0.2) is 0 Å². The normalized spacial score (nSPS) is 10.8. The smallest absolute Gasteiger partial charge is 0.100 e. The molecule has 0 atom stereocenters. The molecule has 0 aliphatic carbocycles. The molecule has 0 saturated carbocycles. The van der Waals surface area contributed by atoms with Crippen LogP contribution in [0.1, 0.15) is 16.7 Å². The molecule has 0 saturated heterocycles. The number of hydrogen-bond donors (Lipinski definition) is 0. The van der Waals surface area contributed by atoms with E-state index >= 15 is 0 Å². The molecule has 24 heavy (non-hydrogen) atoms. The predicted octanol–water partition coefficient (Wildman–Crippen LogP) is 5.86. The first kappa shape index (κ1) is 16.4. The Morgan fingerprint density at radius 2 is 1.17 bits per heavy atom. The minimum absolute atomic E-state index is 0.544. The maximum absolute atomic E-state index is 6.15. The van der Waals surface area contributed by atoms with E-state index in [1.165, 1.54) is 0 Å². The molecule has 0 fully saturated rings. The average molecular weight is 353 g/mol. The maximum Gasteiger partial charge on any atom is 0.100 e. The van der Waals surface area contributed by atoms with Crippen molar-refractivity contribution in [1.82, 2.24) is 0 Å². The Hall–Kier alpha value is -2.42. The van der Waals surface area contributed by atoms with Gasteiger partial charge in [0.15, 0.2) is 0 Å². The molecule has 3 aromatic carbocycles. The third-order valence-electron chi connectivity index (χ3n) is 3.44. The molecule has 0 N–H and O–H groups in total. The summed E-state index contributed by atoms with van der Waals surface area (Å²) in [5, 5.41) is 9.71. The van der Waals surface area contributed by atoms with Crippen molar-refractivity contribution in [2.75, 3.05) is 0 Å². The van der Waals surface area contributed by atoms with Crippen molar-refractivity contribution in [2.24, 2.45) is 10.2 Å². The molecule has 0 heterocycles. The summed E-state index contributed by atoms with van der Waals surface area (Å²) in [5.41, 5.74) is 3.43. The van der Waals surface area contributed by atoms with Gasteiger partial charge in [0.25, 0.3) is 0 Å². The second-order valence-electron chi connectivity index (χ2n) is 5.06. The van der Waals surface area contributed by atoms with Crippen molar-refractivity contribution in [3.05, 3.63) is 106 Å². The van der Waals surface area contributed by atoms with E-state index in [0.29, 0.717) is 15.6 Å². The summed E-state index contributed by atoms with van der Waals surface area (Å²) >= 11 is 12.3. The average Bonchev–Trinajstić information content (AvgIpc) is 2.62. The quantitative estimate of drug-likeness (QED) is 0.414. The molecule has 0 bridgehead atoms. The first-order valence-corrected chi connectivity index (χ1v) is 8.17. The van der Waals surface area contributed by atoms with E-state index in [4.69, 9.17) is 23.2 Å². The fourth-order valence-electron chi connectivity index (χ4n) is 2.25. The van der Waals surface area contributed by atoms with Crippen LogP contribution in [0.4, 0.5) is 0 Å². The van der Waals surface area contributed by atoms with E-state index in [0.717, 1.165) is 16.8 Å². The van der Waals surface area contributed by atoms with E-state index in [9.17, 15) is 0 Å². The topological polar surface area (TPSA) is 24.7 Å². The lowest BCUT2D eigenvalue weighted by Crippen LogP contribution is -2.02. The van der Waals surface area contributed by atoms with Gasteiger partial charge in [0.1, 0.15) is 5.71 Å². The zero-order chi connectivity index (χ0) is 16.8. The molecule has 0 aromatic heterocycles. The third-order valence-corrected chi connectivity index (χ3v) is 4.10. The van der Waals surface area contributed by atoms with Crippen molar-refractivity contribution < 1.29 is 0 Å². The highest BCUT2D eigenvalue weighted by Crippen LogP contribution is 2.22. The zero-order valence-corrected chi connectivity index (χ0v) is 14.2. The number of rotatable bonds is 4. The summed E-state index contributed by atoms with van der Waals surface area (Å²) < 4.78 is 0. The Kier molecular flexibility index (Phi) is 5.42.